The maximum absolute atomic E-state index is 13.5. The van der Waals surface area contributed by atoms with Gasteiger partial charge >= 0.3 is 0 Å². The zero-order valence-electron chi connectivity index (χ0n) is 10.1. The van der Waals surface area contributed by atoms with Crippen LogP contribution in [0.2, 0.25) is 0 Å². The first-order valence-corrected chi connectivity index (χ1v) is 5.49. The van der Waals surface area contributed by atoms with Gasteiger partial charge in [0, 0.05) is 11.3 Å². The molecule has 0 radical (unpaired) electrons. The molecule has 0 amide bonds. The number of hydrogen-bond donors (Lipinski definition) is 1. The number of aromatic amines is 1. The summed E-state index contributed by atoms with van der Waals surface area (Å²) in [5.41, 5.74) is 1.88. The van der Waals surface area contributed by atoms with Gasteiger partial charge in [-0.1, -0.05) is 12.1 Å². The number of rotatable bonds is 3. The van der Waals surface area contributed by atoms with E-state index >= 15 is 0 Å². The van der Waals surface area contributed by atoms with Crippen molar-refractivity contribution in [3.8, 4) is 0 Å². The monoisotopic (exact) mass is 245 g/mol. The van der Waals surface area contributed by atoms with Crippen LogP contribution in [0.4, 0.5) is 4.39 Å². The first-order chi connectivity index (χ1) is 8.56. The smallest absolute Gasteiger partial charge is 0.212 e. The van der Waals surface area contributed by atoms with Gasteiger partial charge in [-0.25, -0.2) is 4.39 Å². The number of halogens is 1. The van der Waals surface area contributed by atoms with Crippen molar-refractivity contribution in [3.63, 3.8) is 0 Å². The highest BCUT2D eigenvalue weighted by molar-refractivity contribution is 6.10. The van der Waals surface area contributed by atoms with Crippen molar-refractivity contribution in [1.29, 1.82) is 0 Å². The molecule has 4 heteroatoms. The second kappa shape index (κ2) is 4.56. The maximum atomic E-state index is 13.5. The van der Waals surface area contributed by atoms with Gasteiger partial charge in [-0.15, -0.1) is 0 Å². The lowest BCUT2D eigenvalue weighted by molar-refractivity contribution is 0.103. The van der Waals surface area contributed by atoms with Crippen LogP contribution in [0.25, 0.3) is 0 Å². The Labute approximate surface area is 104 Å². The normalized spacial score (nSPS) is 10.4. The molecular formula is C14H12FNO2. The molecule has 0 aliphatic heterocycles. The Kier molecular flexibility index (Phi) is 3.10. The molecule has 0 fully saturated rings. The van der Waals surface area contributed by atoms with Crippen molar-refractivity contribution >= 4 is 12.1 Å². The number of nitrogens with one attached hydrogen (secondary N) is 1. The molecule has 2 rings (SSSR count). The van der Waals surface area contributed by atoms with Crippen molar-refractivity contribution in [2.75, 3.05) is 0 Å². The van der Waals surface area contributed by atoms with E-state index in [2.05, 4.69) is 4.98 Å². The van der Waals surface area contributed by atoms with E-state index in [0.29, 0.717) is 23.1 Å². The summed E-state index contributed by atoms with van der Waals surface area (Å²) in [6.45, 7) is 3.37. The van der Waals surface area contributed by atoms with Crippen molar-refractivity contribution in [2.24, 2.45) is 0 Å². The molecule has 0 atom stereocenters. The van der Waals surface area contributed by atoms with E-state index in [9.17, 15) is 14.0 Å². The molecule has 1 heterocycles. The molecule has 0 saturated heterocycles. The number of hydrogen-bond acceptors (Lipinski definition) is 2. The van der Waals surface area contributed by atoms with Gasteiger partial charge < -0.3 is 4.98 Å². The Morgan fingerprint density at radius 2 is 1.94 bits per heavy atom. The first-order valence-electron chi connectivity index (χ1n) is 5.49. The minimum absolute atomic E-state index is 0.000649. The third-order valence-electron chi connectivity index (χ3n) is 2.96. The predicted octanol–water partition coefficient (Wildman–Crippen LogP) is 2.81. The largest absolute Gasteiger partial charge is 0.355 e. The zero-order valence-corrected chi connectivity index (χ0v) is 10.1. The number of H-pyrrole nitrogens is 1. The molecule has 18 heavy (non-hydrogen) atoms. The molecule has 92 valence electrons. The van der Waals surface area contributed by atoms with Crippen molar-refractivity contribution in [1.82, 2.24) is 4.98 Å². The molecule has 0 aliphatic rings. The predicted molar refractivity (Wildman–Crippen MR) is 65.5 cm³/mol. The lowest BCUT2D eigenvalue weighted by atomic mass is 10.0. The van der Waals surface area contributed by atoms with Gasteiger partial charge in [0.05, 0.1) is 11.3 Å². The van der Waals surface area contributed by atoms with Crippen LogP contribution in [0.3, 0.4) is 0 Å². The summed E-state index contributed by atoms with van der Waals surface area (Å²) in [5, 5.41) is 0. The lowest BCUT2D eigenvalue weighted by Gasteiger charge is -2.01. The fourth-order valence-corrected chi connectivity index (χ4v) is 1.95. The summed E-state index contributed by atoms with van der Waals surface area (Å²) >= 11 is 0. The molecule has 0 bridgehead atoms. The third kappa shape index (κ3) is 1.86. The summed E-state index contributed by atoms with van der Waals surface area (Å²) < 4.78 is 13.5. The second-order valence-corrected chi connectivity index (χ2v) is 4.09. The average Bonchev–Trinajstić information content (AvgIpc) is 2.64. The average molecular weight is 245 g/mol. The Morgan fingerprint density at radius 1 is 1.28 bits per heavy atom. The van der Waals surface area contributed by atoms with Crippen molar-refractivity contribution < 1.29 is 14.0 Å². The van der Waals surface area contributed by atoms with E-state index in [1.807, 2.05) is 0 Å². The molecule has 0 spiro atoms. The molecule has 1 aromatic carbocycles. The molecule has 0 aliphatic carbocycles. The summed E-state index contributed by atoms with van der Waals surface area (Å²) in [6.07, 6.45) is 0.694. The first kappa shape index (κ1) is 12.2. The van der Waals surface area contributed by atoms with E-state index in [4.69, 9.17) is 0 Å². The molecule has 0 saturated carbocycles. The highest BCUT2D eigenvalue weighted by Gasteiger charge is 2.20. The maximum Gasteiger partial charge on any atom is 0.212 e. The summed E-state index contributed by atoms with van der Waals surface area (Å²) in [6, 6.07) is 5.78. The molecule has 3 nitrogen and oxygen atoms in total. The quantitative estimate of drug-likeness (QED) is 0.667. The van der Waals surface area contributed by atoms with E-state index in [1.165, 1.54) is 18.2 Å². The van der Waals surface area contributed by atoms with Crippen molar-refractivity contribution in [3.05, 3.63) is 58.2 Å². The van der Waals surface area contributed by atoms with Crippen LogP contribution in [0.15, 0.2) is 24.3 Å². The molecule has 1 N–H and O–H groups in total. The summed E-state index contributed by atoms with van der Waals surface area (Å²) in [5.74, 6) is -1.01. The van der Waals surface area contributed by atoms with Crippen LogP contribution in [0.1, 0.15) is 37.7 Å². The SMILES string of the molecule is Cc1[nH]c(C(=O)c2ccccc2F)c(C)c1C=O. The van der Waals surface area contributed by atoms with Crippen LogP contribution in [-0.4, -0.2) is 17.1 Å². The molecular weight excluding hydrogens is 233 g/mol. The van der Waals surface area contributed by atoms with Gasteiger partial charge in [-0.05, 0) is 31.5 Å². The number of benzene rings is 1. The number of aldehydes is 1. The highest BCUT2D eigenvalue weighted by atomic mass is 19.1. The standard InChI is InChI=1S/C14H12FNO2/c1-8-11(7-17)9(2)16-13(8)14(18)10-5-3-4-6-12(10)15/h3-7,16H,1-2H3. The van der Waals surface area contributed by atoms with E-state index in [-0.39, 0.29) is 11.3 Å². The van der Waals surface area contributed by atoms with E-state index < -0.39 is 11.6 Å². The highest BCUT2D eigenvalue weighted by Crippen LogP contribution is 2.20. The van der Waals surface area contributed by atoms with Crippen LogP contribution in [0, 0.1) is 19.7 Å². The Balaban J connectivity index is 2.54. The van der Waals surface area contributed by atoms with Gasteiger partial charge in [0.25, 0.3) is 0 Å². The lowest BCUT2D eigenvalue weighted by Crippen LogP contribution is -2.06. The fraction of sp³-hybridized carbons (Fsp3) is 0.143. The number of carbonyl (C=O) groups is 2. The van der Waals surface area contributed by atoms with Crippen LogP contribution < -0.4 is 0 Å². The molecule has 2 aromatic rings. The van der Waals surface area contributed by atoms with Gasteiger partial charge in [-0.2, -0.15) is 0 Å². The van der Waals surface area contributed by atoms with Gasteiger partial charge in [0.2, 0.25) is 5.78 Å². The van der Waals surface area contributed by atoms with Gasteiger partial charge in [0.1, 0.15) is 5.82 Å². The van der Waals surface area contributed by atoms with E-state index in [1.54, 1.807) is 19.9 Å². The zero-order chi connectivity index (χ0) is 13.3. The Bertz CT molecular complexity index is 629. The van der Waals surface area contributed by atoms with E-state index in [0.717, 1.165) is 0 Å². The Hall–Kier alpha value is -2.23. The number of ketones is 1. The van der Waals surface area contributed by atoms with Gasteiger partial charge in [0.15, 0.2) is 6.29 Å². The summed E-state index contributed by atoms with van der Waals surface area (Å²) in [4.78, 5) is 25.9. The minimum atomic E-state index is -0.568. The number of aromatic nitrogens is 1. The summed E-state index contributed by atoms with van der Waals surface area (Å²) in [7, 11) is 0. The Morgan fingerprint density at radius 3 is 2.50 bits per heavy atom. The van der Waals surface area contributed by atoms with Crippen LogP contribution >= 0.6 is 0 Å². The topological polar surface area (TPSA) is 49.9 Å². The van der Waals surface area contributed by atoms with Crippen molar-refractivity contribution in [2.45, 2.75) is 13.8 Å². The molecule has 1 aromatic heterocycles. The van der Waals surface area contributed by atoms with Gasteiger partial charge in [-0.3, -0.25) is 9.59 Å². The molecule has 0 unspecified atom stereocenters. The number of carbonyl (C=O) groups excluding carboxylic acids is 2. The minimum Gasteiger partial charge on any atom is -0.355 e. The fourth-order valence-electron chi connectivity index (χ4n) is 1.95. The number of aryl methyl sites for hydroxylation is 1. The van der Waals surface area contributed by atoms with Crippen LogP contribution in [-0.2, 0) is 0 Å². The third-order valence-corrected chi connectivity index (χ3v) is 2.96. The van der Waals surface area contributed by atoms with Crippen LogP contribution in [0.5, 0.6) is 0 Å². The second-order valence-electron chi connectivity index (χ2n) is 4.09.